The van der Waals surface area contributed by atoms with Gasteiger partial charge in [-0.1, -0.05) is 30.3 Å². The molecular weight excluding hydrogens is 259 g/mol. The molecule has 0 aromatic heterocycles. The van der Waals surface area contributed by atoms with Crippen LogP contribution in [-0.4, -0.2) is 16.8 Å². The Morgan fingerprint density at radius 2 is 1.80 bits per heavy atom. The lowest BCUT2D eigenvalue weighted by atomic mass is 10.1. The Balaban J connectivity index is 2.09. The third kappa shape index (κ3) is 3.56. The average Bonchev–Trinajstić information content (AvgIpc) is 2.45. The molecule has 2 aromatic carbocycles. The highest BCUT2D eigenvalue weighted by molar-refractivity contribution is 5.35. The molecular formula is C16H17FO3. The molecule has 20 heavy (non-hydrogen) atoms. The molecule has 0 aliphatic heterocycles. The normalized spacial score (nSPS) is 13.8. The van der Waals surface area contributed by atoms with E-state index in [1.54, 1.807) is 19.1 Å². The Morgan fingerprint density at radius 1 is 1.10 bits per heavy atom. The number of hydrogen-bond donors (Lipinski definition) is 2. The second kappa shape index (κ2) is 6.50. The molecule has 2 aromatic rings. The van der Waals surface area contributed by atoms with Crippen molar-refractivity contribution >= 4 is 0 Å². The Hall–Kier alpha value is -1.91. The van der Waals surface area contributed by atoms with Crippen LogP contribution in [0.15, 0.2) is 48.5 Å². The van der Waals surface area contributed by atoms with Crippen LogP contribution >= 0.6 is 0 Å². The predicted molar refractivity (Wildman–Crippen MR) is 73.9 cm³/mol. The lowest BCUT2D eigenvalue weighted by Gasteiger charge is -2.16. The van der Waals surface area contributed by atoms with E-state index in [9.17, 15) is 14.6 Å². The van der Waals surface area contributed by atoms with E-state index in [-0.39, 0.29) is 12.4 Å². The Bertz CT molecular complexity index is 555. The van der Waals surface area contributed by atoms with Crippen molar-refractivity contribution in [2.75, 3.05) is 6.61 Å². The summed E-state index contributed by atoms with van der Waals surface area (Å²) in [5, 5.41) is 19.6. The second-order valence-corrected chi connectivity index (χ2v) is 4.60. The lowest BCUT2D eigenvalue weighted by Crippen LogP contribution is -2.11. The van der Waals surface area contributed by atoms with Gasteiger partial charge in [-0.15, -0.1) is 0 Å². The highest BCUT2D eigenvalue weighted by Gasteiger charge is 2.13. The molecule has 106 valence electrons. The van der Waals surface area contributed by atoms with Crippen LogP contribution < -0.4 is 4.74 Å². The van der Waals surface area contributed by atoms with Gasteiger partial charge in [0.2, 0.25) is 0 Å². The number of aliphatic hydroxyl groups excluding tert-OH is 2. The highest BCUT2D eigenvalue weighted by Crippen LogP contribution is 2.27. The first-order valence-electron chi connectivity index (χ1n) is 6.41. The van der Waals surface area contributed by atoms with Gasteiger partial charge in [0.1, 0.15) is 24.3 Å². The van der Waals surface area contributed by atoms with Gasteiger partial charge in [0.25, 0.3) is 0 Å². The van der Waals surface area contributed by atoms with Crippen LogP contribution in [0.5, 0.6) is 5.75 Å². The van der Waals surface area contributed by atoms with Crippen molar-refractivity contribution in [1.29, 1.82) is 0 Å². The SMILES string of the molecule is C[C@@H](O)c1ccc(F)cc1OCC(O)c1ccccc1. The molecule has 0 aliphatic rings. The van der Waals surface area contributed by atoms with E-state index in [0.717, 1.165) is 5.56 Å². The molecule has 3 nitrogen and oxygen atoms in total. The first kappa shape index (κ1) is 14.5. The third-order valence-corrected chi connectivity index (χ3v) is 3.01. The van der Waals surface area contributed by atoms with Crippen LogP contribution in [0.4, 0.5) is 4.39 Å². The number of rotatable bonds is 5. The fourth-order valence-corrected chi connectivity index (χ4v) is 1.92. The van der Waals surface area contributed by atoms with Crippen LogP contribution in [0.2, 0.25) is 0 Å². The molecule has 0 amide bonds. The summed E-state index contributed by atoms with van der Waals surface area (Å²) in [5.74, 6) is -0.200. The highest BCUT2D eigenvalue weighted by atomic mass is 19.1. The first-order valence-corrected chi connectivity index (χ1v) is 6.41. The standard InChI is InChI=1S/C16H17FO3/c1-11(18)14-8-7-13(17)9-16(14)20-10-15(19)12-5-3-2-4-6-12/h2-9,11,15,18-19H,10H2,1H3/t11-,15?/m1/s1. The molecule has 0 heterocycles. The summed E-state index contributed by atoms with van der Waals surface area (Å²) in [5.41, 5.74) is 1.22. The summed E-state index contributed by atoms with van der Waals surface area (Å²) in [4.78, 5) is 0. The molecule has 0 aliphatic carbocycles. The molecule has 0 fully saturated rings. The maximum absolute atomic E-state index is 13.2. The summed E-state index contributed by atoms with van der Waals surface area (Å²) >= 11 is 0. The van der Waals surface area contributed by atoms with Crippen molar-refractivity contribution in [3.8, 4) is 5.75 Å². The van der Waals surface area contributed by atoms with E-state index in [1.165, 1.54) is 18.2 Å². The average molecular weight is 276 g/mol. The molecule has 1 unspecified atom stereocenters. The van der Waals surface area contributed by atoms with Crippen molar-refractivity contribution in [1.82, 2.24) is 0 Å². The van der Waals surface area contributed by atoms with Crippen LogP contribution in [0.3, 0.4) is 0 Å². The van der Waals surface area contributed by atoms with Crippen molar-refractivity contribution in [3.05, 3.63) is 65.5 Å². The predicted octanol–water partition coefficient (Wildman–Crippen LogP) is 2.99. The van der Waals surface area contributed by atoms with E-state index < -0.39 is 18.0 Å². The van der Waals surface area contributed by atoms with Crippen LogP contribution in [0.25, 0.3) is 0 Å². The van der Waals surface area contributed by atoms with E-state index in [1.807, 2.05) is 18.2 Å². The summed E-state index contributed by atoms with van der Waals surface area (Å²) in [7, 11) is 0. The van der Waals surface area contributed by atoms with Gasteiger partial charge in [0, 0.05) is 11.6 Å². The molecule has 0 radical (unpaired) electrons. The zero-order valence-corrected chi connectivity index (χ0v) is 11.2. The Morgan fingerprint density at radius 3 is 2.45 bits per heavy atom. The Kier molecular flexibility index (Phi) is 4.71. The molecule has 0 spiro atoms. The summed E-state index contributed by atoms with van der Waals surface area (Å²) in [6.45, 7) is 1.57. The van der Waals surface area contributed by atoms with Gasteiger partial charge >= 0.3 is 0 Å². The molecule has 2 N–H and O–H groups in total. The largest absolute Gasteiger partial charge is 0.490 e. The third-order valence-electron chi connectivity index (χ3n) is 3.01. The van der Waals surface area contributed by atoms with Crippen LogP contribution in [0.1, 0.15) is 30.3 Å². The van der Waals surface area contributed by atoms with E-state index in [0.29, 0.717) is 5.56 Å². The van der Waals surface area contributed by atoms with Crippen molar-refractivity contribution < 1.29 is 19.3 Å². The maximum atomic E-state index is 13.2. The molecule has 2 atom stereocenters. The first-order chi connectivity index (χ1) is 9.58. The van der Waals surface area contributed by atoms with Gasteiger partial charge in [0.15, 0.2) is 0 Å². The quantitative estimate of drug-likeness (QED) is 0.882. The minimum atomic E-state index is -0.804. The minimum Gasteiger partial charge on any atom is -0.490 e. The van der Waals surface area contributed by atoms with Crippen molar-refractivity contribution in [2.45, 2.75) is 19.1 Å². The maximum Gasteiger partial charge on any atom is 0.128 e. The van der Waals surface area contributed by atoms with Crippen LogP contribution in [-0.2, 0) is 0 Å². The summed E-state index contributed by atoms with van der Waals surface area (Å²) < 4.78 is 18.7. The van der Waals surface area contributed by atoms with Gasteiger partial charge in [-0.3, -0.25) is 0 Å². The smallest absolute Gasteiger partial charge is 0.128 e. The number of hydrogen-bond acceptors (Lipinski definition) is 3. The van der Waals surface area contributed by atoms with Gasteiger partial charge < -0.3 is 14.9 Å². The summed E-state index contributed by atoms with van der Waals surface area (Å²) in [6.07, 6.45) is -1.57. The number of benzene rings is 2. The fraction of sp³-hybridized carbons (Fsp3) is 0.250. The minimum absolute atomic E-state index is 0.00676. The topological polar surface area (TPSA) is 49.7 Å². The van der Waals surface area contributed by atoms with Gasteiger partial charge in [-0.05, 0) is 24.6 Å². The molecule has 0 bridgehead atoms. The number of ether oxygens (including phenoxy) is 1. The zero-order valence-electron chi connectivity index (χ0n) is 11.2. The zero-order chi connectivity index (χ0) is 14.5. The van der Waals surface area contributed by atoms with Crippen molar-refractivity contribution in [3.63, 3.8) is 0 Å². The van der Waals surface area contributed by atoms with Gasteiger partial charge in [-0.2, -0.15) is 0 Å². The van der Waals surface area contributed by atoms with E-state index >= 15 is 0 Å². The number of aliphatic hydroxyl groups is 2. The van der Waals surface area contributed by atoms with Crippen molar-refractivity contribution in [2.24, 2.45) is 0 Å². The molecule has 0 saturated heterocycles. The Labute approximate surface area is 117 Å². The van der Waals surface area contributed by atoms with Gasteiger partial charge in [0.05, 0.1) is 6.10 Å². The molecule has 0 saturated carbocycles. The molecule has 2 rings (SSSR count). The van der Waals surface area contributed by atoms with Crippen LogP contribution in [0, 0.1) is 5.82 Å². The van der Waals surface area contributed by atoms with E-state index in [4.69, 9.17) is 4.74 Å². The second-order valence-electron chi connectivity index (χ2n) is 4.60. The summed E-state index contributed by atoms with van der Waals surface area (Å²) in [6, 6.07) is 13.0. The number of halogens is 1. The van der Waals surface area contributed by atoms with E-state index in [2.05, 4.69) is 0 Å². The van der Waals surface area contributed by atoms with Gasteiger partial charge in [-0.25, -0.2) is 4.39 Å². The monoisotopic (exact) mass is 276 g/mol. The lowest BCUT2D eigenvalue weighted by molar-refractivity contribution is 0.104. The fourth-order valence-electron chi connectivity index (χ4n) is 1.92. The molecule has 4 heteroatoms.